The largest absolute Gasteiger partial charge is 0.365 e. The number of allylic oxidation sites excluding steroid dienone is 1. The third-order valence-corrected chi connectivity index (χ3v) is 6.52. The molecule has 1 aliphatic rings. The second-order valence-corrected chi connectivity index (χ2v) is 9.85. The Hall–Kier alpha value is -0.0400. The van der Waals surface area contributed by atoms with E-state index in [-0.39, 0.29) is 16.4 Å². The van der Waals surface area contributed by atoms with Gasteiger partial charge in [-0.1, -0.05) is 5.10 Å². The van der Waals surface area contributed by atoms with E-state index in [4.69, 9.17) is 16.3 Å². The molecule has 0 aliphatic carbocycles. The summed E-state index contributed by atoms with van der Waals surface area (Å²) in [5.41, 5.74) is -2.09. The molecule has 0 aromatic rings. The van der Waals surface area contributed by atoms with Gasteiger partial charge in [-0.05, 0) is 43.1 Å². The van der Waals surface area contributed by atoms with Crippen LogP contribution >= 0.6 is 17.1 Å². The average molecular weight is 295 g/mol. The standard InChI is InChI=1S/C9H15N2O3PS2/c1-4-14-15(13,16)17-7-11(3)9(12)6-5-8(2)10-11/h5-6H,4,7H2,1-3H3/p+1. The predicted octanol–water partition coefficient (Wildman–Crippen LogP) is 1.85. The Morgan fingerprint density at radius 2 is 2.29 bits per heavy atom. The van der Waals surface area contributed by atoms with E-state index >= 15 is 0 Å². The van der Waals surface area contributed by atoms with Crippen LogP contribution in [0, 0.1) is 0 Å². The van der Waals surface area contributed by atoms with Gasteiger partial charge in [-0.2, -0.15) is 0 Å². The van der Waals surface area contributed by atoms with Gasteiger partial charge in [-0.15, -0.1) is 4.59 Å². The van der Waals surface area contributed by atoms with Gasteiger partial charge in [0.05, 0.1) is 12.3 Å². The second-order valence-electron chi connectivity index (χ2n) is 3.70. The highest BCUT2D eigenvalue weighted by molar-refractivity contribution is 8.67. The topological polar surface area (TPSA) is 58.9 Å². The highest BCUT2D eigenvalue weighted by Gasteiger charge is 2.35. The number of rotatable bonds is 5. The third kappa shape index (κ3) is 4.28. The number of hydrogen-bond acceptors (Lipinski definition) is 5. The second kappa shape index (κ2) is 5.73. The fourth-order valence-corrected chi connectivity index (χ4v) is 4.61. The van der Waals surface area contributed by atoms with Crippen molar-refractivity contribution in [3.05, 3.63) is 12.2 Å². The number of quaternary nitrogens is 1. The Kier molecular flexibility index (Phi) is 5.07. The fourth-order valence-electron chi connectivity index (χ4n) is 1.26. The molecule has 1 aliphatic heterocycles. The zero-order chi connectivity index (χ0) is 13.1. The van der Waals surface area contributed by atoms with Gasteiger partial charge in [-0.25, -0.2) is 4.79 Å². The predicted molar refractivity (Wildman–Crippen MR) is 74.0 cm³/mol. The number of carbonyl (C=O) groups is 1. The van der Waals surface area contributed by atoms with Crippen LogP contribution in [0.15, 0.2) is 17.3 Å². The van der Waals surface area contributed by atoms with E-state index in [1.54, 1.807) is 20.0 Å². The molecule has 1 heterocycles. The average Bonchev–Trinajstić information content (AvgIpc) is 2.22. The molecular formula is C9H16N2O3PS2+. The van der Waals surface area contributed by atoms with Crippen molar-refractivity contribution < 1.29 is 18.8 Å². The summed E-state index contributed by atoms with van der Waals surface area (Å²) in [7, 11) is 1.68. The van der Waals surface area contributed by atoms with Crippen molar-refractivity contribution in [1.82, 2.24) is 0 Å². The van der Waals surface area contributed by atoms with Gasteiger partial charge in [0.1, 0.15) is 7.05 Å². The molecule has 0 saturated heterocycles. The molecule has 0 bridgehead atoms. The van der Waals surface area contributed by atoms with Crippen LogP contribution in [-0.4, -0.2) is 40.6 Å². The Morgan fingerprint density at radius 3 is 2.88 bits per heavy atom. The molecule has 1 N–H and O–H groups in total. The Balaban J connectivity index is 2.71. The normalized spacial score (nSPS) is 27.8. The van der Waals surface area contributed by atoms with Crippen molar-refractivity contribution >= 4 is 40.5 Å². The van der Waals surface area contributed by atoms with E-state index in [2.05, 4.69) is 5.10 Å². The lowest BCUT2D eigenvalue weighted by atomic mass is 10.3. The van der Waals surface area contributed by atoms with Gasteiger partial charge in [0.2, 0.25) is 5.69 Å². The third-order valence-electron chi connectivity index (χ3n) is 2.08. The van der Waals surface area contributed by atoms with Crippen LogP contribution < -0.4 is 0 Å². The van der Waals surface area contributed by atoms with Crippen molar-refractivity contribution in [3.8, 4) is 0 Å². The van der Waals surface area contributed by atoms with E-state index in [0.29, 0.717) is 6.61 Å². The molecule has 17 heavy (non-hydrogen) atoms. The molecular weight excluding hydrogens is 279 g/mol. The minimum absolute atomic E-state index is 0.130. The smallest absolute Gasteiger partial charge is 0.337 e. The molecule has 0 radical (unpaired) electrons. The van der Waals surface area contributed by atoms with Crippen LogP contribution in [0.1, 0.15) is 13.8 Å². The molecule has 2 atom stereocenters. The molecule has 0 spiro atoms. The van der Waals surface area contributed by atoms with Crippen LogP contribution in [0.2, 0.25) is 0 Å². The molecule has 96 valence electrons. The summed E-state index contributed by atoms with van der Waals surface area (Å²) in [6.07, 6.45) is 3.16. The molecule has 0 fully saturated rings. The van der Waals surface area contributed by atoms with Gasteiger partial charge < -0.3 is 9.42 Å². The first-order chi connectivity index (χ1) is 7.79. The van der Waals surface area contributed by atoms with Gasteiger partial charge in [0.25, 0.3) is 0 Å². The first-order valence-corrected chi connectivity index (χ1v) is 9.32. The van der Waals surface area contributed by atoms with Gasteiger partial charge in [0, 0.05) is 6.08 Å². The molecule has 8 heteroatoms. The summed E-state index contributed by atoms with van der Waals surface area (Å²) in [5.74, 6) is 0.142. The highest BCUT2D eigenvalue weighted by atomic mass is 32.9. The summed E-state index contributed by atoms with van der Waals surface area (Å²) < 4.78 is 4.94. The van der Waals surface area contributed by atoms with Crippen molar-refractivity contribution in [2.24, 2.45) is 5.10 Å². The van der Waals surface area contributed by atoms with E-state index in [0.717, 1.165) is 17.1 Å². The molecule has 1 amide bonds. The van der Waals surface area contributed by atoms with E-state index in [1.807, 2.05) is 6.92 Å². The zero-order valence-corrected chi connectivity index (χ0v) is 12.5. The monoisotopic (exact) mass is 295 g/mol. The minimum Gasteiger partial charge on any atom is -0.337 e. The summed E-state index contributed by atoms with van der Waals surface area (Å²) in [4.78, 5) is 21.5. The number of amides is 1. The van der Waals surface area contributed by atoms with Crippen LogP contribution in [0.4, 0.5) is 0 Å². The number of carbonyl (C=O) groups excluding carboxylic acids is 1. The molecule has 2 unspecified atom stereocenters. The van der Waals surface area contributed by atoms with Crippen LogP contribution in [-0.2, 0) is 21.1 Å². The van der Waals surface area contributed by atoms with Crippen molar-refractivity contribution in [2.75, 3.05) is 19.5 Å². The SMILES string of the molecule is CCOP(O)(=S)SC[N+]1(C)N=C(C)C=CC1=O. The van der Waals surface area contributed by atoms with E-state index in [1.165, 1.54) is 6.08 Å². The van der Waals surface area contributed by atoms with Crippen molar-refractivity contribution in [2.45, 2.75) is 13.8 Å². The minimum atomic E-state index is -2.86. The van der Waals surface area contributed by atoms with Gasteiger partial charge in [-0.3, -0.25) is 0 Å². The van der Waals surface area contributed by atoms with E-state index < -0.39 is 5.69 Å². The maximum absolute atomic E-state index is 11.8. The van der Waals surface area contributed by atoms with Crippen LogP contribution in [0.3, 0.4) is 0 Å². The summed E-state index contributed by atoms with van der Waals surface area (Å²) in [6, 6.07) is 0. The van der Waals surface area contributed by atoms with Gasteiger partial charge in [0.15, 0.2) is 5.88 Å². The number of nitrogens with zero attached hydrogens (tertiary/aromatic N) is 2. The Morgan fingerprint density at radius 1 is 1.65 bits per heavy atom. The summed E-state index contributed by atoms with van der Waals surface area (Å²) in [5, 5.41) is 4.26. The maximum atomic E-state index is 11.8. The lowest BCUT2D eigenvalue weighted by molar-refractivity contribution is -0.825. The van der Waals surface area contributed by atoms with Crippen molar-refractivity contribution in [3.63, 3.8) is 0 Å². The molecule has 0 aromatic carbocycles. The lowest BCUT2D eigenvalue weighted by Crippen LogP contribution is -2.45. The Labute approximate surface area is 110 Å². The van der Waals surface area contributed by atoms with Crippen LogP contribution in [0.5, 0.6) is 0 Å². The molecule has 1 rings (SSSR count). The highest BCUT2D eigenvalue weighted by Crippen LogP contribution is 2.56. The summed E-state index contributed by atoms with van der Waals surface area (Å²) >= 11 is 6.03. The molecule has 5 nitrogen and oxygen atoms in total. The van der Waals surface area contributed by atoms with Gasteiger partial charge >= 0.3 is 5.91 Å². The molecule has 0 saturated carbocycles. The fraction of sp³-hybridized carbons (Fsp3) is 0.556. The molecule has 0 aromatic heterocycles. The first kappa shape index (κ1) is 15.0. The lowest BCUT2D eigenvalue weighted by Gasteiger charge is -2.26. The van der Waals surface area contributed by atoms with Crippen molar-refractivity contribution in [1.29, 1.82) is 0 Å². The summed E-state index contributed by atoms with van der Waals surface area (Å²) in [6.45, 7) is 3.95. The first-order valence-electron chi connectivity index (χ1n) is 5.06. The number of likely N-dealkylation sites (N-methyl/N-ethyl adjacent to an activating group) is 1. The Bertz CT molecular complexity index is 424. The maximum Gasteiger partial charge on any atom is 0.365 e. The van der Waals surface area contributed by atoms with Crippen LogP contribution in [0.25, 0.3) is 0 Å². The number of hydrogen-bond donors (Lipinski definition) is 1. The zero-order valence-electron chi connectivity index (χ0n) is 9.99. The quantitative estimate of drug-likeness (QED) is 0.619. The van der Waals surface area contributed by atoms with E-state index in [9.17, 15) is 9.69 Å².